The summed E-state index contributed by atoms with van der Waals surface area (Å²) in [6, 6.07) is 17.0. The average Bonchev–Trinajstić information content (AvgIpc) is 3.35. The molecule has 7 heteroatoms. The molecule has 0 amide bonds. The Morgan fingerprint density at radius 2 is 1.71 bits per heavy atom. The molecule has 35 heavy (non-hydrogen) atoms. The fourth-order valence-corrected chi connectivity index (χ4v) is 5.60. The molecule has 2 heterocycles. The van der Waals surface area contributed by atoms with Crippen molar-refractivity contribution in [3.63, 3.8) is 0 Å². The molecule has 184 valence electrons. The summed E-state index contributed by atoms with van der Waals surface area (Å²) in [6.45, 7) is 2.56. The molecule has 0 radical (unpaired) electrons. The number of hydrogen-bond donors (Lipinski definition) is 2. The van der Waals surface area contributed by atoms with Gasteiger partial charge in [-0.25, -0.2) is 0 Å². The first-order valence-corrected chi connectivity index (χ1v) is 12.7. The van der Waals surface area contributed by atoms with Crippen molar-refractivity contribution in [2.75, 3.05) is 13.1 Å². The SMILES string of the molecule is NCc1ccc(C2(CCc3nc(-c4ccc(CN5CC(C(=O)O)C5)cc4)no3)CCCCC2)cc1. The fraction of sp³-hybridized carbons (Fsp3) is 0.464. The number of rotatable bonds is 9. The second-order valence-corrected chi connectivity index (χ2v) is 10.2. The van der Waals surface area contributed by atoms with Crippen molar-refractivity contribution in [2.24, 2.45) is 11.7 Å². The van der Waals surface area contributed by atoms with Gasteiger partial charge in [0.1, 0.15) is 0 Å². The van der Waals surface area contributed by atoms with Crippen LogP contribution < -0.4 is 5.73 Å². The highest BCUT2D eigenvalue weighted by molar-refractivity contribution is 5.71. The first kappa shape index (κ1) is 23.7. The fourth-order valence-electron chi connectivity index (χ4n) is 5.60. The van der Waals surface area contributed by atoms with Gasteiger partial charge in [-0.2, -0.15) is 4.98 Å². The molecule has 2 aliphatic rings. The molecule has 0 atom stereocenters. The first-order valence-electron chi connectivity index (χ1n) is 12.7. The molecule has 7 nitrogen and oxygen atoms in total. The summed E-state index contributed by atoms with van der Waals surface area (Å²) in [5.41, 5.74) is 10.6. The number of aliphatic carboxylic acids is 1. The molecule has 2 fully saturated rings. The second kappa shape index (κ2) is 10.3. The van der Waals surface area contributed by atoms with Crippen LogP contribution in [-0.4, -0.2) is 39.2 Å². The smallest absolute Gasteiger partial charge is 0.309 e. The Bertz CT molecular complexity index is 1130. The summed E-state index contributed by atoms with van der Waals surface area (Å²) in [5, 5.41) is 13.3. The van der Waals surface area contributed by atoms with Gasteiger partial charge in [-0.3, -0.25) is 9.69 Å². The van der Waals surface area contributed by atoms with Gasteiger partial charge >= 0.3 is 5.97 Å². The standard InChI is InChI=1S/C28H34N4O3/c29-16-20-6-10-24(11-7-20)28(13-2-1-3-14-28)15-12-25-30-26(31-35-25)22-8-4-21(5-9-22)17-32-18-23(19-32)27(33)34/h4-11,23H,1-3,12-19,29H2,(H,33,34). The maximum absolute atomic E-state index is 11.0. The number of carboxylic acid groups (broad SMARTS) is 1. The summed E-state index contributed by atoms with van der Waals surface area (Å²) in [4.78, 5) is 17.8. The Balaban J connectivity index is 1.21. The molecule has 5 rings (SSSR count). The monoisotopic (exact) mass is 474 g/mol. The van der Waals surface area contributed by atoms with Gasteiger partial charge in [-0.05, 0) is 41.4 Å². The van der Waals surface area contributed by atoms with Crippen LogP contribution in [0.25, 0.3) is 11.4 Å². The van der Waals surface area contributed by atoms with Crippen LogP contribution in [-0.2, 0) is 29.7 Å². The molecule has 1 saturated heterocycles. The molecule has 2 aromatic carbocycles. The van der Waals surface area contributed by atoms with E-state index in [1.807, 2.05) is 12.1 Å². The van der Waals surface area contributed by atoms with Gasteiger partial charge in [-0.15, -0.1) is 0 Å². The largest absolute Gasteiger partial charge is 0.481 e. The van der Waals surface area contributed by atoms with Crippen LogP contribution in [0.4, 0.5) is 0 Å². The lowest BCUT2D eigenvalue weighted by atomic mass is 9.67. The average molecular weight is 475 g/mol. The maximum Gasteiger partial charge on any atom is 0.309 e. The van der Waals surface area contributed by atoms with Crippen molar-refractivity contribution in [1.29, 1.82) is 0 Å². The first-order chi connectivity index (χ1) is 17.0. The van der Waals surface area contributed by atoms with Gasteiger partial charge < -0.3 is 15.4 Å². The Morgan fingerprint density at radius 1 is 1.03 bits per heavy atom. The van der Waals surface area contributed by atoms with E-state index < -0.39 is 5.97 Å². The van der Waals surface area contributed by atoms with E-state index >= 15 is 0 Å². The van der Waals surface area contributed by atoms with Crippen molar-refractivity contribution in [1.82, 2.24) is 15.0 Å². The number of carbonyl (C=O) groups is 1. The van der Waals surface area contributed by atoms with Crippen LogP contribution >= 0.6 is 0 Å². The van der Waals surface area contributed by atoms with E-state index in [9.17, 15) is 4.79 Å². The van der Waals surface area contributed by atoms with Gasteiger partial charge in [0.25, 0.3) is 0 Å². The lowest BCUT2D eigenvalue weighted by Gasteiger charge is -2.38. The van der Waals surface area contributed by atoms with Crippen LogP contribution in [0.15, 0.2) is 53.1 Å². The van der Waals surface area contributed by atoms with Crippen LogP contribution in [0, 0.1) is 5.92 Å². The Morgan fingerprint density at radius 3 is 2.37 bits per heavy atom. The third-order valence-electron chi connectivity index (χ3n) is 7.82. The summed E-state index contributed by atoms with van der Waals surface area (Å²) in [5.74, 6) is 0.368. The van der Waals surface area contributed by atoms with Crippen LogP contribution in [0.1, 0.15) is 61.1 Å². The summed E-state index contributed by atoms with van der Waals surface area (Å²) in [6.07, 6.45) is 7.99. The van der Waals surface area contributed by atoms with E-state index in [-0.39, 0.29) is 11.3 Å². The number of nitrogens with two attached hydrogens (primary N) is 1. The quantitative estimate of drug-likeness (QED) is 0.469. The number of hydrogen-bond acceptors (Lipinski definition) is 6. The Kier molecular flexibility index (Phi) is 6.97. The number of aryl methyl sites for hydroxylation is 1. The third-order valence-corrected chi connectivity index (χ3v) is 7.82. The van der Waals surface area contributed by atoms with E-state index in [1.54, 1.807) is 0 Å². The molecule has 1 aliphatic carbocycles. The molecular formula is C28H34N4O3. The number of benzene rings is 2. The number of carboxylic acids is 1. The van der Waals surface area contributed by atoms with Gasteiger partial charge in [0.15, 0.2) is 0 Å². The molecular weight excluding hydrogens is 440 g/mol. The van der Waals surface area contributed by atoms with Gasteiger partial charge in [0.2, 0.25) is 11.7 Å². The Labute approximate surface area is 206 Å². The van der Waals surface area contributed by atoms with Crippen LogP contribution in [0.3, 0.4) is 0 Å². The zero-order valence-corrected chi connectivity index (χ0v) is 20.2. The van der Waals surface area contributed by atoms with E-state index in [4.69, 9.17) is 20.3 Å². The molecule has 1 aliphatic heterocycles. The minimum absolute atomic E-state index is 0.165. The van der Waals surface area contributed by atoms with Crippen molar-refractivity contribution >= 4 is 5.97 Å². The molecule has 3 N–H and O–H groups in total. The van der Waals surface area contributed by atoms with Crippen molar-refractivity contribution in [3.8, 4) is 11.4 Å². The maximum atomic E-state index is 11.0. The molecule has 0 bridgehead atoms. The highest BCUT2D eigenvalue weighted by atomic mass is 16.5. The third kappa shape index (κ3) is 5.31. The van der Waals surface area contributed by atoms with Crippen molar-refractivity contribution in [2.45, 2.75) is 63.5 Å². The molecule has 0 unspecified atom stereocenters. The normalized spacial score (nSPS) is 18.3. The van der Waals surface area contributed by atoms with Crippen LogP contribution in [0.2, 0.25) is 0 Å². The summed E-state index contributed by atoms with van der Waals surface area (Å²) < 4.78 is 5.64. The van der Waals surface area contributed by atoms with E-state index in [0.29, 0.717) is 31.3 Å². The second-order valence-electron chi connectivity index (χ2n) is 10.2. The van der Waals surface area contributed by atoms with E-state index in [0.717, 1.165) is 30.5 Å². The van der Waals surface area contributed by atoms with E-state index in [1.165, 1.54) is 43.2 Å². The number of nitrogens with zero attached hydrogens (tertiary/aromatic N) is 3. The predicted octanol–water partition coefficient (Wildman–Crippen LogP) is 4.55. The number of aromatic nitrogens is 2. The number of likely N-dealkylation sites (tertiary alicyclic amines) is 1. The van der Waals surface area contributed by atoms with Gasteiger partial charge in [0, 0.05) is 38.2 Å². The summed E-state index contributed by atoms with van der Waals surface area (Å²) >= 11 is 0. The minimum atomic E-state index is -0.705. The highest BCUT2D eigenvalue weighted by Gasteiger charge is 2.34. The molecule has 1 aromatic heterocycles. The zero-order valence-electron chi connectivity index (χ0n) is 20.2. The molecule has 1 saturated carbocycles. The molecule has 0 spiro atoms. The highest BCUT2D eigenvalue weighted by Crippen LogP contribution is 2.43. The van der Waals surface area contributed by atoms with E-state index in [2.05, 4.69) is 46.5 Å². The topological polar surface area (TPSA) is 105 Å². The zero-order chi connectivity index (χ0) is 24.3. The van der Waals surface area contributed by atoms with Crippen molar-refractivity contribution in [3.05, 3.63) is 71.1 Å². The lowest BCUT2D eigenvalue weighted by Crippen LogP contribution is -2.49. The van der Waals surface area contributed by atoms with Gasteiger partial charge in [-0.1, -0.05) is 73.0 Å². The predicted molar refractivity (Wildman–Crippen MR) is 134 cm³/mol. The molecule has 3 aromatic rings. The lowest BCUT2D eigenvalue weighted by molar-refractivity contribution is -0.147. The van der Waals surface area contributed by atoms with Crippen molar-refractivity contribution < 1.29 is 14.4 Å². The Hall–Kier alpha value is -3.03. The summed E-state index contributed by atoms with van der Waals surface area (Å²) in [7, 11) is 0. The minimum Gasteiger partial charge on any atom is -0.481 e. The van der Waals surface area contributed by atoms with Crippen LogP contribution in [0.5, 0.6) is 0 Å². The van der Waals surface area contributed by atoms with Gasteiger partial charge in [0.05, 0.1) is 5.92 Å².